The maximum absolute atomic E-state index is 9.14. The molecule has 0 saturated heterocycles. The lowest BCUT2D eigenvalue weighted by Crippen LogP contribution is -2.09. The molecule has 0 aromatic heterocycles. The molecule has 1 fully saturated rings. The summed E-state index contributed by atoms with van der Waals surface area (Å²) in [5, 5.41) is 9.14. The highest BCUT2D eigenvalue weighted by atomic mass is 16.5. The van der Waals surface area contributed by atoms with E-state index in [9.17, 15) is 0 Å². The van der Waals surface area contributed by atoms with Crippen LogP contribution in [-0.2, 0) is 6.61 Å². The van der Waals surface area contributed by atoms with Crippen molar-refractivity contribution in [3.63, 3.8) is 0 Å². The summed E-state index contributed by atoms with van der Waals surface area (Å²) in [6, 6.07) is 4.02. The minimum absolute atomic E-state index is 0.102. The van der Waals surface area contributed by atoms with Gasteiger partial charge in [0, 0.05) is 0 Å². The molecule has 0 atom stereocenters. The first-order valence-electron chi connectivity index (χ1n) is 6.54. The number of rotatable bonds is 4. The second kappa shape index (κ2) is 5.54. The summed E-state index contributed by atoms with van der Waals surface area (Å²) < 4.78 is 5.97. The fourth-order valence-electron chi connectivity index (χ4n) is 2.74. The van der Waals surface area contributed by atoms with Gasteiger partial charge in [0.05, 0.1) is 13.2 Å². The molecular formula is C15H22O2. The molecule has 0 aliphatic heterocycles. The summed E-state index contributed by atoms with van der Waals surface area (Å²) in [5.41, 5.74) is 3.23. The Labute approximate surface area is 104 Å². The minimum atomic E-state index is 0.102. The molecule has 0 radical (unpaired) electrons. The zero-order chi connectivity index (χ0) is 12.3. The van der Waals surface area contributed by atoms with E-state index in [1.54, 1.807) is 0 Å². The molecule has 0 heterocycles. The van der Waals surface area contributed by atoms with E-state index in [4.69, 9.17) is 9.84 Å². The average Bonchev–Trinajstić information content (AvgIpc) is 2.80. The molecule has 2 rings (SSSR count). The monoisotopic (exact) mass is 234 g/mol. The zero-order valence-electron chi connectivity index (χ0n) is 10.8. The van der Waals surface area contributed by atoms with E-state index in [0.717, 1.165) is 35.0 Å². The number of hydrogen-bond donors (Lipinski definition) is 1. The molecule has 2 nitrogen and oxygen atoms in total. The zero-order valence-corrected chi connectivity index (χ0v) is 10.8. The standard InChI is InChI=1S/C15H22O2/c1-11-7-14(9-16)8-12(2)15(11)17-10-13-5-3-4-6-13/h7-8,13,16H,3-6,9-10H2,1-2H3. The molecule has 1 aromatic carbocycles. The minimum Gasteiger partial charge on any atom is -0.493 e. The molecule has 0 amide bonds. The van der Waals surface area contributed by atoms with Gasteiger partial charge in [-0.05, 0) is 49.3 Å². The lowest BCUT2D eigenvalue weighted by atomic mass is 10.1. The predicted molar refractivity (Wildman–Crippen MR) is 69.3 cm³/mol. The molecule has 1 saturated carbocycles. The highest BCUT2D eigenvalue weighted by Gasteiger charge is 2.16. The van der Waals surface area contributed by atoms with E-state index in [1.807, 2.05) is 12.1 Å². The number of aliphatic hydroxyl groups excluding tert-OH is 1. The van der Waals surface area contributed by atoms with Crippen LogP contribution in [0.2, 0.25) is 0 Å². The van der Waals surface area contributed by atoms with Crippen molar-refractivity contribution in [1.29, 1.82) is 0 Å². The van der Waals surface area contributed by atoms with Crippen molar-refractivity contribution < 1.29 is 9.84 Å². The first kappa shape index (κ1) is 12.4. The molecule has 1 aromatic rings. The fourth-order valence-corrected chi connectivity index (χ4v) is 2.74. The second-order valence-electron chi connectivity index (χ2n) is 5.18. The third kappa shape index (κ3) is 3.01. The second-order valence-corrected chi connectivity index (χ2v) is 5.18. The van der Waals surface area contributed by atoms with Crippen LogP contribution in [0.5, 0.6) is 5.75 Å². The Hall–Kier alpha value is -1.02. The van der Waals surface area contributed by atoms with Crippen LogP contribution in [0.3, 0.4) is 0 Å². The summed E-state index contributed by atoms with van der Waals surface area (Å²) in [6.45, 7) is 5.05. The number of benzene rings is 1. The molecule has 1 aliphatic rings. The number of aliphatic hydroxyl groups is 1. The maximum Gasteiger partial charge on any atom is 0.125 e. The Morgan fingerprint density at radius 2 is 1.76 bits per heavy atom. The molecule has 0 spiro atoms. The normalized spacial score (nSPS) is 16.4. The summed E-state index contributed by atoms with van der Waals surface area (Å²) >= 11 is 0. The van der Waals surface area contributed by atoms with Gasteiger partial charge < -0.3 is 9.84 Å². The van der Waals surface area contributed by atoms with E-state index in [0.29, 0.717) is 0 Å². The molecule has 1 N–H and O–H groups in total. The van der Waals surface area contributed by atoms with Crippen molar-refractivity contribution in [2.45, 2.75) is 46.1 Å². The largest absolute Gasteiger partial charge is 0.493 e. The van der Waals surface area contributed by atoms with Crippen LogP contribution in [0.1, 0.15) is 42.4 Å². The van der Waals surface area contributed by atoms with Gasteiger partial charge in [0.2, 0.25) is 0 Å². The molecule has 2 heteroatoms. The van der Waals surface area contributed by atoms with Gasteiger partial charge >= 0.3 is 0 Å². The lowest BCUT2D eigenvalue weighted by molar-refractivity contribution is 0.248. The topological polar surface area (TPSA) is 29.5 Å². The Bertz CT molecular complexity index is 356. The van der Waals surface area contributed by atoms with Gasteiger partial charge in [0.15, 0.2) is 0 Å². The highest BCUT2D eigenvalue weighted by Crippen LogP contribution is 2.29. The van der Waals surface area contributed by atoms with E-state index in [-0.39, 0.29) is 6.61 Å². The Morgan fingerprint density at radius 3 is 2.29 bits per heavy atom. The number of hydrogen-bond acceptors (Lipinski definition) is 2. The Kier molecular flexibility index (Phi) is 4.06. The smallest absolute Gasteiger partial charge is 0.125 e. The van der Waals surface area contributed by atoms with Gasteiger partial charge in [0.25, 0.3) is 0 Å². The van der Waals surface area contributed by atoms with Crippen LogP contribution in [0, 0.1) is 19.8 Å². The molecule has 1 aliphatic carbocycles. The molecular weight excluding hydrogens is 212 g/mol. The predicted octanol–water partition coefficient (Wildman–Crippen LogP) is 3.36. The SMILES string of the molecule is Cc1cc(CO)cc(C)c1OCC1CCCC1. The van der Waals surface area contributed by atoms with E-state index >= 15 is 0 Å². The van der Waals surface area contributed by atoms with Crippen LogP contribution in [-0.4, -0.2) is 11.7 Å². The summed E-state index contributed by atoms with van der Waals surface area (Å²) in [4.78, 5) is 0. The van der Waals surface area contributed by atoms with Crippen molar-refractivity contribution in [2.75, 3.05) is 6.61 Å². The molecule has 94 valence electrons. The van der Waals surface area contributed by atoms with Crippen molar-refractivity contribution in [1.82, 2.24) is 0 Å². The van der Waals surface area contributed by atoms with Crippen LogP contribution < -0.4 is 4.74 Å². The van der Waals surface area contributed by atoms with Gasteiger partial charge in [-0.15, -0.1) is 0 Å². The van der Waals surface area contributed by atoms with Gasteiger partial charge in [0.1, 0.15) is 5.75 Å². The summed E-state index contributed by atoms with van der Waals surface area (Å²) in [5.74, 6) is 1.75. The van der Waals surface area contributed by atoms with Crippen molar-refractivity contribution in [3.8, 4) is 5.75 Å². The van der Waals surface area contributed by atoms with Crippen LogP contribution in [0.4, 0.5) is 0 Å². The maximum atomic E-state index is 9.14. The molecule has 17 heavy (non-hydrogen) atoms. The number of aryl methyl sites for hydroxylation is 2. The van der Waals surface area contributed by atoms with E-state index < -0.39 is 0 Å². The average molecular weight is 234 g/mol. The van der Waals surface area contributed by atoms with Crippen LogP contribution in [0.25, 0.3) is 0 Å². The third-order valence-electron chi connectivity index (χ3n) is 3.64. The Morgan fingerprint density at radius 1 is 1.18 bits per heavy atom. The third-order valence-corrected chi connectivity index (χ3v) is 3.64. The van der Waals surface area contributed by atoms with Gasteiger partial charge in [-0.2, -0.15) is 0 Å². The Balaban J connectivity index is 2.04. The first-order valence-corrected chi connectivity index (χ1v) is 6.54. The van der Waals surface area contributed by atoms with Gasteiger partial charge in [-0.1, -0.05) is 25.0 Å². The highest BCUT2D eigenvalue weighted by molar-refractivity contribution is 5.43. The first-order chi connectivity index (χ1) is 8.20. The number of ether oxygens (including phenoxy) is 1. The van der Waals surface area contributed by atoms with Crippen molar-refractivity contribution >= 4 is 0 Å². The quantitative estimate of drug-likeness (QED) is 0.865. The summed E-state index contributed by atoms with van der Waals surface area (Å²) in [7, 11) is 0. The van der Waals surface area contributed by atoms with Crippen LogP contribution in [0.15, 0.2) is 12.1 Å². The fraction of sp³-hybridized carbons (Fsp3) is 0.600. The van der Waals surface area contributed by atoms with Crippen molar-refractivity contribution in [3.05, 3.63) is 28.8 Å². The van der Waals surface area contributed by atoms with E-state index in [1.165, 1.54) is 25.7 Å². The lowest BCUT2D eigenvalue weighted by Gasteiger charge is -2.16. The van der Waals surface area contributed by atoms with Crippen molar-refractivity contribution in [2.24, 2.45) is 5.92 Å². The van der Waals surface area contributed by atoms with Crippen LogP contribution >= 0.6 is 0 Å². The van der Waals surface area contributed by atoms with Gasteiger partial charge in [-0.3, -0.25) is 0 Å². The van der Waals surface area contributed by atoms with Gasteiger partial charge in [-0.25, -0.2) is 0 Å². The molecule has 0 unspecified atom stereocenters. The van der Waals surface area contributed by atoms with E-state index in [2.05, 4.69) is 13.8 Å². The summed E-state index contributed by atoms with van der Waals surface area (Å²) in [6.07, 6.45) is 5.34. The molecule has 0 bridgehead atoms.